The van der Waals surface area contributed by atoms with Crippen LogP contribution in [0.4, 0.5) is 0 Å². The van der Waals surface area contributed by atoms with Crippen molar-refractivity contribution in [2.24, 2.45) is 11.5 Å². The maximum absolute atomic E-state index is 11.5. The number of amides is 1. The number of unbranched alkanes of at least 4 members (excludes halogenated alkanes) is 1. The van der Waals surface area contributed by atoms with E-state index in [1.807, 2.05) is 6.26 Å². The van der Waals surface area contributed by atoms with Gasteiger partial charge in [0.2, 0.25) is 5.91 Å². The van der Waals surface area contributed by atoms with Crippen molar-refractivity contribution in [3.05, 3.63) is 0 Å². The van der Waals surface area contributed by atoms with Crippen molar-refractivity contribution in [3.8, 4) is 0 Å². The van der Waals surface area contributed by atoms with Crippen LogP contribution in [-0.4, -0.2) is 47.6 Å². The normalized spacial score (nSPS) is 13.9. The van der Waals surface area contributed by atoms with E-state index in [-0.39, 0.29) is 5.91 Å². The summed E-state index contributed by atoms with van der Waals surface area (Å²) in [5, 5.41) is 11.3. The summed E-state index contributed by atoms with van der Waals surface area (Å²) in [6.07, 6.45) is 4.44. The molecule has 0 aromatic rings. The molecular weight excluding hydrogens is 254 g/mol. The van der Waals surface area contributed by atoms with Gasteiger partial charge >= 0.3 is 5.97 Å². The molecule has 0 rings (SSSR count). The Balaban J connectivity index is 3.54. The Kier molecular flexibility index (Phi) is 9.72. The molecule has 0 aliphatic carbocycles. The van der Waals surface area contributed by atoms with Gasteiger partial charge in [0, 0.05) is 6.54 Å². The van der Waals surface area contributed by atoms with Crippen molar-refractivity contribution in [1.82, 2.24) is 5.32 Å². The lowest BCUT2D eigenvalue weighted by Crippen LogP contribution is -2.41. The molecule has 0 heterocycles. The number of aliphatic carboxylic acids is 1. The number of nitrogens with one attached hydrogen (secondary N) is 1. The smallest absolute Gasteiger partial charge is 0.320 e. The average molecular weight is 277 g/mol. The van der Waals surface area contributed by atoms with Gasteiger partial charge in [-0.25, -0.2) is 0 Å². The van der Waals surface area contributed by atoms with E-state index < -0.39 is 18.1 Å². The minimum atomic E-state index is -0.988. The molecule has 7 heteroatoms. The molecule has 0 aliphatic heterocycles. The van der Waals surface area contributed by atoms with Crippen molar-refractivity contribution in [3.63, 3.8) is 0 Å². The predicted octanol–water partition coefficient (Wildman–Crippen LogP) is -0.235. The van der Waals surface area contributed by atoms with Crippen molar-refractivity contribution >= 4 is 23.6 Å². The van der Waals surface area contributed by atoms with E-state index in [1.165, 1.54) is 0 Å². The number of nitrogens with two attached hydrogens (primary N) is 2. The maximum atomic E-state index is 11.5. The van der Waals surface area contributed by atoms with Gasteiger partial charge in [0.1, 0.15) is 6.04 Å². The SMILES string of the molecule is CSCC[C@H](N)C(=O)NCCCC[C@H](N)C(=O)O. The highest BCUT2D eigenvalue weighted by molar-refractivity contribution is 7.98. The number of carboxylic acids is 1. The first-order valence-electron chi connectivity index (χ1n) is 5.99. The third-order valence-corrected chi connectivity index (χ3v) is 3.17. The zero-order valence-electron chi connectivity index (χ0n) is 10.7. The van der Waals surface area contributed by atoms with Crippen molar-refractivity contribution < 1.29 is 14.7 Å². The monoisotopic (exact) mass is 277 g/mol. The van der Waals surface area contributed by atoms with Crippen LogP contribution in [0.15, 0.2) is 0 Å². The largest absolute Gasteiger partial charge is 0.480 e. The summed E-state index contributed by atoms with van der Waals surface area (Å²) < 4.78 is 0. The third-order valence-electron chi connectivity index (χ3n) is 2.53. The molecular formula is C11H23N3O3S. The van der Waals surface area contributed by atoms with E-state index in [1.54, 1.807) is 11.8 Å². The molecule has 18 heavy (non-hydrogen) atoms. The highest BCUT2D eigenvalue weighted by atomic mass is 32.2. The van der Waals surface area contributed by atoms with Crippen LogP contribution in [0.2, 0.25) is 0 Å². The molecule has 6 N–H and O–H groups in total. The van der Waals surface area contributed by atoms with E-state index in [0.29, 0.717) is 32.2 Å². The second-order valence-electron chi connectivity index (χ2n) is 4.12. The van der Waals surface area contributed by atoms with E-state index in [0.717, 1.165) is 5.75 Å². The van der Waals surface area contributed by atoms with Gasteiger partial charge in [0.25, 0.3) is 0 Å². The lowest BCUT2D eigenvalue weighted by atomic mass is 10.1. The van der Waals surface area contributed by atoms with Crippen LogP contribution in [0.25, 0.3) is 0 Å². The summed E-state index contributed by atoms with van der Waals surface area (Å²) >= 11 is 1.66. The first-order valence-corrected chi connectivity index (χ1v) is 7.39. The fourth-order valence-corrected chi connectivity index (χ4v) is 1.82. The Morgan fingerprint density at radius 1 is 1.22 bits per heavy atom. The van der Waals surface area contributed by atoms with E-state index in [4.69, 9.17) is 16.6 Å². The predicted molar refractivity (Wildman–Crippen MR) is 73.4 cm³/mol. The first-order chi connectivity index (χ1) is 8.49. The lowest BCUT2D eigenvalue weighted by molar-refractivity contribution is -0.138. The zero-order chi connectivity index (χ0) is 14.0. The van der Waals surface area contributed by atoms with Crippen molar-refractivity contribution in [2.75, 3.05) is 18.6 Å². The van der Waals surface area contributed by atoms with Crippen molar-refractivity contribution in [2.45, 2.75) is 37.8 Å². The molecule has 106 valence electrons. The molecule has 0 radical (unpaired) electrons. The van der Waals surface area contributed by atoms with Crippen LogP contribution >= 0.6 is 11.8 Å². The Morgan fingerprint density at radius 2 is 1.89 bits per heavy atom. The highest BCUT2D eigenvalue weighted by Gasteiger charge is 2.12. The van der Waals surface area contributed by atoms with Gasteiger partial charge < -0.3 is 21.9 Å². The molecule has 0 saturated carbocycles. The number of carbonyl (C=O) groups is 2. The molecule has 0 aromatic carbocycles. The van der Waals surface area contributed by atoms with Gasteiger partial charge in [-0.15, -0.1) is 0 Å². The standard InChI is InChI=1S/C11H23N3O3S/c1-18-7-5-8(12)10(15)14-6-3-2-4-9(13)11(16)17/h8-9H,2-7,12-13H2,1H3,(H,14,15)(H,16,17)/t8-,9-/m0/s1. The van der Waals surface area contributed by atoms with Gasteiger partial charge in [-0.3, -0.25) is 9.59 Å². The zero-order valence-corrected chi connectivity index (χ0v) is 11.5. The first kappa shape index (κ1) is 17.2. The van der Waals surface area contributed by atoms with Crippen LogP contribution in [0.3, 0.4) is 0 Å². The number of carboxylic acid groups (broad SMARTS) is 1. The minimum absolute atomic E-state index is 0.147. The molecule has 0 fully saturated rings. The lowest BCUT2D eigenvalue weighted by Gasteiger charge is -2.11. The summed E-state index contributed by atoms with van der Waals surface area (Å²) in [5.74, 6) is -0.271. The third kappa shape index (κ3) is 8.32. The molecule has 2 atom stereocenters. The quantitative estimate of drug-likeness (QED) is 0.409. The van der Waals surface area contributed by atoms with Gasteiger partial charge in [-0.1, -0.05) is 0 Å². The fraction of sp³-hybridized carbons (Fsp3) is 0.818. The van der Waals surface area contributed by atoms with Crippen molar-refractivity contribution in [1.29, 1.82) is 0 Å². The Morgan fingerprint density at radius 3 is 2.44 bits per heavy atom. The van der Waals surface area contributed by atoms with E-state index >= 15 is 0 Å². The minimum Gasteiger partial charge on any atom is -0.480 e. The number of hydrogen-bond donors (Lipinski definition) is 4. The van der Waals surface area contributed by atoms with Crippen LogP contribution in [-0.2, 0) is 9.59 Å². The highest BCUT2D eigenvalue weighted by Crippen LogP contribution is 2.00. The van der Waals surface area contributed by atoms with Gasteiger partial charge in [0.15, 0.2) is 0 Å². The van der Waals surface area contributed by atoms with Gasteiger partial charge in [-0.05, 0) is 37.7 Å². The summed E-state index contributed by atoms with van der Waals surface area (Å²) in [4.78, 5) is 21.9. The Labute approximate surface area is 112 Å². The molecule has 0 saturated heterocycles. The number of rotatable bonds is 10. The molecule has 0 spiro atoms. The van der Waals surface area contributed by atoms with Crippen LogP contribution in [0.1, 0.15) is 25.7 Å². The second-order valence-corrected chi connectivity index (χ2v) is 5.11. The van der Waals surface area contributed by atoms with Gasteiger partial charge in [0.05, 0.1) is 6.04 Å². The summed E-state index contributed by atoms with van der Waals surface area (Å²) in [6.45, 7) is 0.512. The van der Waals surface area contributed by atoms with E-state index in [2.05, 4.69) is 5.32 Å². The number of thioether (sulfide) groups is 1. The molecule has 0 aromatic heterocycles. The molecule has 0 bridgehead atoms. The second kappa shape index (κ2) is 10.2. The number of hydrogen-bond acceptors (Lipinski definition) is 5. The fourth-order valence-electron chi connectivity index (χ4n) is 1.33. The average Bonchev–Trinajstić information content (AvgIpc) is 2.34. The molecule has 6 nitrogen and oxygen atoms in total. The Hall–Kier alpha value is -0.790. The topological polar surface area (TPSA) is 118 Å². The molecule has 0 unspecified atom stereocenters. The summed E-state index contributed by atoms with van der Waals surface area (Å²) in [6, 6.07) is -1.27. The van der Waals surface area contributed by atoms with Crippen LogP contribution in [0.5, 0.6) is 0 Å². The van der Waals surface area contributed by atoms with Crippen LogP contribution in [0, 0.1) is 0 Å². The van der Waals surface area contributed by atoms with E-state index in [9.17, 15) is 9.59 Å². The molecule has 1 amide bonds. The number of carbonyl (C=O) groups excluding carboxylic acids is 1. The molecule has 0 aliphatic rings. The van der Waals surface area contributed by atoms with Gasteiger partial charge in [-0.2, -0.15) is 11.8 Å². The van der Waals surface area contributed by atoms with Crippen LogP contribution < -0.4 is 16.8 Å². The Bertz CT molecular complexity index is 264. The maximum Gasteiger partial charge on any atom is 0.320 e. The summed E-state index contributed by atoms with van der Waals surface area (Å²) in [7, 11) is 0. The summed E-state index contributed by atoms with van der Waals surface area (Å²) in [5.41, 5.74) is 11.0.